The molecule has 0 unspecified atom stereocenters. The number of ether oxygens (including phenoxy) is 1. The molecule has 2 aliphatic heterocycles. The van der Waals surface area contributed by atoms with Crippen LogP contribution in [0.2, 0.25) is 0 Å². The highest BCUT2D eigenvalue weighted by Gasteiger charge is 2.44. The first-order chi connectivity index (χ1) is 18.9. The van der Waals surface area contributed by atoms with Gasteiger partial charge in [-0.3, -0.25) is 0 Å². The molecule has 5 heterocycles. The van der Waals surface area contributed by atoms with Gasteiger partial charge < -0.3 is 19.9 Å². The third-order valence-corrected chi connectivity index (χ3v) is 8.88. The van der Waals surface area contributed by atoms with Crippen LogP contribution in [0.3, 0.4) is 0 Å². The number of aryl methyl sites for hydroxylation is 2. The molecule has 4 aromatic rings. The Morgan fingerprint density at radius 2 is 1.97 bits per heavy atom. The Balaban J connectivity index is 1.05. The molecule has 2 saturated heterocycles. The first kappa shape index (κ1) is 25.6. The van der Waals surface area contributed by atoms with E-state index in [-0.39, 0.29) is 17.5 Å². The molecule has 2 amide bonds. The number of hydrogen-bond donors (Lipinski definition) is 1. The molecule has 1 aromatic carbocycles. The maximum Gasteiger partial charge on any atom is 0.317 e. The SMILES string of the molecule is Cc1ncc(N2CCC3(CC2)CN(CCc2nc4c(C)cc(OC[C@H](C)c5ccccc5)cn4n2)C(=O)N3)s1. The number of urea groups is 1. The first-order valence-corrected chi connectivity index (χ1v) is 14.5. The molecule has 1 atom stereocenters. The van der Waals surface area contributed by atoms with Gasteiger partial charge in [-0.2, -0.15) is 5.10 Å². The average Bonchev–Trinajstić information content (AvgIpc) is 3.64. The van der Waals surface area contributed by atoms with Gasteiger partial charge in [-0.1, -0.05) is 37.3 Å². The van der Waals surface area contributed by atoms with E-state index in [0.29, 0.717) is 19.6 Å². The summed E-state index contributed by atoms with van der Waals surface area (Å²) in [7, 11) is 0. The highest BCUT2D eigenvalue weighted by molar-refractivity contribution is 7.15. The third-order valence-electron chi connectivity index (χ3n) is 7.90. The molecule has 204 valence electrons. The van der Waals surface area contributed by atoms with Crippen LogP contribution in [0.15, 0.2) is 48.8 Å². The zero-order chi connectivity index (χ0) is 27.0. The number of benzene rings is 1. The summed E-state index contributed by atoms with van der Waals surface area (Å²) in [6.45, 7) is 10.00. The van der Waals surface area contributed by atoms with Crippen molar-refractivity contribution in [3.05, 3.63) is 70.8 Å². The number of fused-ring (bicyclic) bond motifs is 1. The van der Waals surface area contributed by atoms with E-state index in [9.17, 15) is 4.79 Å². The fourth-order valence-electron chi connectivity index (χ4n) is 5.58. The average molecular weight is 546 g/mol. The van der Waals surface area contributed by atoms with Gasteiger partial charge in [0.05, 0.1) is 29.5 Å². The van der Waals surface area contributed by atoms with Gasteiger partial charge in [0.2, 0.25) is 0 Å². The Morgan fingerprint density at radius 1 is 1.18 bits per heavy atom. The second-order valence-corrected chi connectivity index (χ2v) is 12.1. The van der Waals surface area contributed by atoms with Crippen LogP contribution in [0.1, 0.15) is 47.6 Å². The Morgan fingerprint density at radius 3 is 2.72 bits per heavy atom. The molecule has 0 radical (unpaired) electrons. The summed E-state index contributed by atoms with van der Waals surface area (Å²) in [5.41, 5.74) is 2.94. The number of pyridine rings is 1. The lowest BCUT2D eigenvalue weighted by molar-refractivity contribution is 0.217. The molecule has 1 spiro atoms. The molecule has 10 heteroatoms. The summed E-state index contributed by atoms with van der Waals surface area (Å²) in [6.07, 6.45) is 6.33. The van der Waals surface area contributed by atoms with E-state index < -0.39 is 0 Å². The maximum atomic E-state index is 12.9. The maximum absolute atomic E-state index is 12.9. The van der Waals surface area contributed by atoms with Crippen LogP contribution in [0.5, 0.6) is 5.75 Å². The zero-order valence-corrected chi connectivity index (χ0v) is 23.6. The van der Waals surface area contributed by atoms with Gasteiger partial charge in [0.1, 0.15) is 10.8 Å². The zero-order valence-electron chi connectivity index (χ0n) is 22.8. The van der Waals surface area contributed by atoms with Crippen molar-refractivity contribution < 1.29 is 9.53 Å². The Labute approximate surface area is 232 Å². The lowest BCUT2D eigenvalue weighted by Crippen LogP contribution is -2.52. The molecule has 0 saturated carbocycles. The predicted molar refractivity (Wildman–Crippen MR) is 153 cm³/mol. The summed E-state index contributed by atoms with van der Waals surface area (Å²) < 4.78 is 7.92. The van der Waals surface area contributed by atoms with Crippen molar-refractivity contribution in [3.8, 4) is 5.75 Å². The number of thiazole rings is 1. The van der Waals surface area contributed by atoms with Crippen LogP contribution in [0, 0.1) is 13.8 Å². The highest BCUT2D eigenvalue weighted by Crippen LogP contribution is 2.33. The van der Waals surface area contributed by atoms with Crippen LogP contribution in [-0.4, -0.2) is 68.8 Å². The lowest BCUT2D eigenvalue weighted by atomic mass is 9.88. The van der Waals surface area contributed by atoms with Crippen LogP contribution in [-0.2, 0) is 6.42 Å². The largest absolute Gasteiger partial charge is 0.491 e. The summed E-state index contributed by atoms with van der Waals surface area (Å²) in [5.74, 6) is 1.80. The topological polar surface area (TPSA) is 87.9 Å². The van der Waals surface area contributed by atoms with Gasteiger partial charge in [-0.05, 0) is 43.9 Å². The first-order valence-electron chi connectivity index (χ1n) is 13.7. The van der Waals surface area contributed by atoms with Gasteiger partial charge in [-0.25, -0.2) is 19.3 Å². The molecule has 1 N–H and O–H groups in total. The number of amides is 2. The molecule has 2 fully saturated rings. The fourth-order valence-corrected chi connectivity index (χ4v) is 6.40. The van der Waals surface area contributed by atoms with E-state index in [1.54, 1.807) is 15.9 Å². The minimum atomic E-state index is -0.153. The quantitative estimate of drug-likeness (QED) is 0.348. The number of piperidine rings is 1. The van der Waals surface area contributed by atoms with E-state index in [2.05, 4.69) is 46.4 Å². The number of anilines is 1. The monoisotopic (exact) mass is 545 g/mol. The predicted octanol–water partition coefficient (Wildman–Crippen LogP) is 4.59. The van der Waals surface area contributed by atoms with Crippen molar-refractivity contribution in [2.75, 3.05) is 37.7 Å². The molecule has 9 nitrogen and oxygen atoms in total. The number of nitrogens with zero attached hydrogens (tertiary/aromatic N) is 6. The molecular formula is C29H35N7O2S. The van der Waals surface area contributed by atoms with Crippen molar-refractivity contribution in [2.24, 2.45) is 0 Å². The van der Waals surface area contributed by atoms with Crippen LogP contribution >= 0.6 is 11.3 Å². The Bertz CT molecular complexity index is 1460. The minimum absolute atomic E-state index is 0.0141. The highest BCUT2D eigenvalue weighted by atomic mass is 32.1. The number of aromatic nitrogens is 4. The van der Waals surface area contributed by atoms with Gasteiger partial charge in [-0.15, -0.1) is 11.3 Å². The fraction of sp³-hybridized carbons (Fsp3) is 0.448. The van der Waals surface area contributed by atoms with Gasteiger partial charge in [0.25, 0.3) is 0 Å². The normalized spacial score (nSPS) is 17.7. The number of hydrogen-bond acceptors (Lipinski definition) is 7. The molecule has 6 rings (SSSR count). The van der Waals surface area contributed by atoms with Crippen LogP contribution in [0.4, 0.5) is 9.80 Å². The number of nitrogens with one attached hydrogen (secondary N) is 1. The third kappa shape index (κ3) is 5.43. The van der Waals surface area contributed by atoms with E-state index in [0.717, 1.165) is 60.3 Å². The molecule has 2 aliphatic rings. The van der Waals surface area contributed by atoms with Crippen molar-refractivity contribution in [1.82, 2.24) is 29.8 Å². The van der Waals surface area contributed by atoms with E-state index in [4.69, 9.17) is 14.8 Å². The van der Waals surface area contributed by atoms with Crippen molar-refractivity contribution in [2.45, 2.75) is 51.5 Å². The number of carbonyl (C=O) groups excluding carboxylic acids is 1. The molecule has 39 heavy (non-hydrogen) atoms. The lowest BCUT2D eigenvalue weighted by Gasteiger charge is -2.39. The van der Waals surface area contributed by atoms with Crippen molar-refractivity contribution >= 4 is 28.0 Å². The van der Waals surface area contributed by atoms with E-state index >= 15 is 0 Å². The minimum Gasteiger partial charge on any atom is -0.491 e. The number of rotatable bonds is 8. The van der Waals surface area contributed by atoms with Crippen LogP contribution in [0.25, 0.3) is 5.65 Å². The number of carbonyl (C=O) groups is 1. The van der Waals surface area contributed by atoms with Gasteiger partial charge >= 0.3 is 6.03 Å². The summed E-state index contributed by atoms with van der Waals surface area (Å²) in [6, 6.07) is 12.4. The van der Waals surface area contributed by atoms with Gasteiger partial charge in [0.15, 0.2) is 11.5 Å². The van der Waals surface area contributed by atoms with Crippen LogP contribution < -0.4 is 15.0 Å². The summed E-state index contributed by atoms with van der Waals surface area (Å²) in [4.78, 5) is 26.3. The molecule has 0 bridgehead atoms. The molecular weight excluding hydrogens is 510 g/mol. The smallest absolute Gasteiger partial charge is 0.317 e. The second-order valence-electron chi connectivity index (χ2n) is 10.9. The van der Waals surface area contributed by atoms with Gasteiger partial charge in [0, 0.05) is 38.5 Å². The Hall–Kier alpha value is -3.66. The standard InChI is InChI=1S/C29H35N7O2S/c1-20-15-24(38-18-21(2)23-7-5-4-6-8-23)17-36-27(20)31-25(33-36)9-12-35-19-29(32-28(35)37)10-13-34(14-11-29)26-16-30-22(3)39-26/h4-8,15-17,21H,9-14,18-19H2,1-3H3,(H,32,37)/t21-/m0/s1. The molecule has 3 aromatic heterocycles. The Kier molecular flexibility index (Phi) is 6.88. The van der Waals surface area contributed by atoms with E-state index in [1.807, 2.05) is 43.3 Å². The van der Waals surface area contributed by atoms with Crippen molar-refractivity contribution in [1.29, 1.82) is 0 Å². The molecule has 0 aliphatic carbocycles. The second kappa shape index (κ2) is 10.5. The van der Waals surface area contributed by atoms with Crippen molar-refractivity contribution in [3.63, 3.8) is 0 Å². The summed E-state index contributed by atoms with van der Waals surface area (Å²) in [5, 5.41) is 10.3. The van der Waals surface area contributed by atoms with E-state index in [1.165, 1.54) is 10.6 Å². The summed E-state index contributed by atoms with van der Waals surface area (Å²) >= 11 is 1.73.